The third-order valence-electron chi connectivity index (χ3n) is 5.59. The molecule has 1 aromatic rings. The largest absolute Gasteiger partial charge is 0.343 e. The van der Waals surface area contributed by atoms with Crippen molar-refractivity contribution < 1.29 is 14.0 Å². The first-order valence-electron chi connectivity index (χ1n) is 8.81. The van der Waals surface area contributed by atoms with Crippen LogP contribution in [-0.2, 0) is 16.0 Å². The number of piperidine rings is 2. The summed E-state index contributed by atoms with van der Waals surface area (Å²) in [4.78, 5) is 28.4. The first-order valence-corrected chi connectivity index (χ1v) is 8.81. The van der Waals surface area contributed by atoms with Crippen LogP contribution >= 0.6 is 0 Å². The Morgan fingerprint density at radius 1 is 1.21 bits per heavy atom. The normalized spacial score (nSPS) is 20.5. The maximum atomic E-state index is 13.2. The van der Waals surface area contributed by atoms with Crippen molar-refractivity contribution in [3.05, 3.63) is 35.6 Å². The van der Waals surface area contributed by atoms with E-state index in [4.69, 9.17) is 0 Å². The van der Waals surface area contributed by atoms with Crippen LogP contribution in [0.25, 0.3) is 0 Å². The minimum absolute atomic E-state index is 0.0489. The highest BCUT2D eigenvalue weighted by molar-refractivity contribution is 5.79. The van der Waals surface area contributed by atoms with Gasteiger partial charge in [0.25, 0.3) is 0 Å². The second-order valence-electron chi connectivity index (χ2n) is 7.09. The highest BCUT2D eigenvalue weighted by atomic mass is 19.1. The van der Waals surface area contributed by atoms with Gasteiger partial charge in [-0.25, -0.2) is 4.39 Å². The zero-order valence-electron chi connectivity index (χ0n) is 14.3. The lowest BCUT2D eigenvalue weighted by atomic mass is 9.71. The van der Waals surface area contributed by atoms with E-state index in [9.17, 15) is 14.0 Å². The maximum absolute atomic E-state index is 13.2. The molecule has 0 radical (unpaired) electrons. The van der Waals surface area contributed by atoms with Gasteiger partial charge in [-0.3, -0.25) is 9.59 Å². The number of hydrogen-bond donors (Lipinski definition) is 0. The summed E-state index contributed by atoms with van der Waals surface area (Å²) in [6.07, 6.45) is 3.69. The molecular weight excluding hydrogens is 307 g/mol. The Hall–Kier alpha value is -1.91. The van der Waals surface area contributed by atoms with E-state index in [0.29, 0.717) is 25.1 Å². The second kappa shape index (κ2) is 6.91. The van der Waals surface area contributed by atoms with Crippen molar-refractivity contribution in [2.24, 2.45) is 5.41 Å². The molecule has 4 nitrogen and oxygen atoms in total. The van der Waals surface area contributed by atoms with E-state index in [2.05, 4.69) is 0 Å². The predicted molar refractivity (Wildman–Crippen MR) is 89.8 cm³/mol. The smallest absolute Gasteiger partial charge is 0.226 e. The zero-order chi connectivity index (χ0) is 17.2. The molecule has 3 rings (SSSR count). The summed E-state index contributed by atoms with van der Waals surface area (Å²) in [5.41, 5.74) is 0.796. The summed E-state index contributed by atoms with van der Waals surface area (Å²) >= 11 is 0. The summed E-state index contributed by atoms with van der Waals surface area (Å²) in [6, 6.07) is 6.22. The standard InChI is InChI=1S/C19H25FN2O2/c1-2-21-9-6-19(14-18(21)24)7-10-22(11-8-19)17(23)13-15-4-3-5-16(20)12-15/h3-5,12H,2,6-11,13-14H2,1H3. The Balaban J connectivity index is 1.55. The number of nitrogens with zero attached hydrogens (tertiary/aromatic N) is 2. The molecule has 0 atom stereocenters. The van der Waals surface area contributed by atoms with Gasteiger partial charge in [0.15, 0.2) is 0 Å². The van der Waals surface area contributed by atoms with Crippen molar-refractivity contribution in [2.75, 3.05) is 26.2 Å². The van der Waals surface area contributed by atoms with E-state index >= 15 is 0 Å². The number of amides is 2. The minimum Gasteiger partial charge on any atom is -0.343 e. The van der Waals surface area contributed by atoms with Gasteiger partial charge in [-0.05, 0) is 49.3 Å². The van der Waals surface area contributed by atoms with Crippen LogP contribution in [0.4, 0.5) is 4.39 Å². The minimum atomic E-state index is -0.306. The number of halogens is 1. The van der Waals surface area contributed by atoms with Crippen molar-refractivity contribution in [1.29, 1.82) is 0 Å². The van der Waals surface area contributed by atoms with Gasteiger partial charge in [0.05, 0.1) is 6.42 Å². The van der Waals surface area contributed by atoms with Crippen LogP contribution in [0.3, 0.4) is 0 Å². The molecule has 2 heterocycles. The van der Waals surface area contributed by atoms with Gasteiger partial charge in [-0.15, -0.1) is 0 Å². The topological polar surface area (TPSA) is 40.6 Å². The molecule has 2 fully saturated rings. The highest BCUT2D eigenvalue weighted by Gasteiger charge is 2.41. The van der Waals surface area contributed by atoms with Crippen LogP contribution in [0.5, 0.6) is 0 Å². The average molecular weight is 332 g/mol. The number of carbonyl (C=O) groups is 2. The molecule has 2 aliphatic heterocycles. The van der Waals surface area contributed by atoms with Crippen LogP contribution in [0.1, 0.15) is 38.2 Å². The monoisotopic (exact) mass is 332 g/mol. The maximum Gasteiger partial charge on any atom is 0.226 e. The van der Waals surface area contributed by atoms with Crippen molar-refractivity contribution >= 4 is 11.8 Å². The quantitative estimate of drug-likeness (QED) is 0.854. The molecule has 5 heteroatoms. The lowest BCUT2D eigenvalue weighted by molar-refractivity contribution is -0.141. The van der Waals surface area contributed by atoms with E-state index in [1.54, 1.807) is 12.1 Å². The highest BCUT2D eigenvalue weighted by Crippen LogP contribution is 2.41. The molecule has 1 spiro atoms. The van der Waals surface area contributed by atoms with E-state index < -0.39 is 0 Å². The van der Waals surface area contributed by atoms with Gasteiger partial charge in [-0.2, -0.15) is 0 Å². The molecule has 2 amide bonds. The third-order valence-corrected chi connectivity index (χ3v) is 5.59. The zero-order valence-corrected chi connectivity index (χ0v) is 14.3. The van der Waals surface area contributed by atoms with Crippen molar-refractivity contribution in [3.63, 3.8) is 0 Å². The predicted octanol–water partition coefficient (Wildman–Crippen LogP) is 2.62. The van der Waals surface area contributed by atoms with Crippen LogP contribution in [0, 0.1) is 11.2 Å². The summed E-state index contributed by atoms with van der Waals surface area (Å²) in [5, 5.41) is 0. The fourth-order valence-electron chi connectivity index (χ4n) is 3.94. The summed E-state index contributed by atoms with van der Waals surface area (Å²) in [6.45, 7) is 5.05. The van der Waals surface area contributed by atoms with Crippen LogP contribution in [-0.4, -0.2) is 47.8 Å². The lowest BCUT2D eigenvalue weighted by Gasteiger charge is -2.46. The Kier molecular flexibility index (Phi) is 4.88. The third kappa shape index (κ3) is 3.60. The Bertz CT molecular complexity index is 624. The summed E-state index contributed by atoms with van der Waals surface area (Å²) < 4.78 is 13.2. The second-order valence-corrected chi connectivity index (χ2v) is 7.09. The SMILES string of the molecule is CCN1CCC2(CCN(C(=O)Cc3cccc(F)c3)CC2)CC1=O. The first kappa shape index (κ1) is 16.9. The Morgan fingerprint density at radius 3 is 2.54 bits per heavy atom. The van der Waals surface area contributed by atoms with E-state index in [0.717, 1.165) is 32.4 Å². The number of benzene rings is 1. The van der Waals surface area contributed by atoms with Gasteiger partial charge in [0, 0.05) is 32.6 Å². The molecule has 0 N–H and O–H groups in total. The number of carbonyl (C=O) groups excluding carboxylic acids is 2. The lowest BCUT2D eigenvalue weighted by Crippen LogP contribution is -2.50. The molecule has 0 bridgehead atoms. The molecule has 0 aromatic heterocycles. The van der Waals surface area contributed by atoms with Crippen molar-refractivity contribution in [1.82, 2.24) is 9.80 Å². The Morgan fingerprint density at radius 2 is 1.92 bits per heavy atom. The van der Waals surface area contributed by atoms with Crippen molar-refractivity contribution in [2.45, 2.75) is 39.0 Å². The molecule has 0 unspecified atom stereocenters. The van der Waals surface area contributed by atoms with Crippen LogP contribution in [0.15, 0.2) is 24.3 Å². The fraction of sp³-hybridized carbons (Fsp3) is 0.579. The molecule has 0 aliphatic carbocycles. The van der Waals surface area contributed by atoms with E-state index in [1.807, 2.05) is 16.7 Å². The first-order chi connectivity index (χ1) is 11.5. The number of hydrogen-bond acceptors (Lipinski definition) is 2. The molecular formula is C19H25FN2O2. The van der Waals surface area contributed by atoms with E-state index in [-0.39, 0.29) is 29.5 Å². The fourth-order valence-corrected chi connectivity index (χ4v) is 3.94. The molecule has 1 aromatic carbocycles. The summed E-state index contributed by atoms with van der Waals surface area (Å²) in [5.74, 6) is -0.00449. The van der Waals surface area contributed by atoms with Gasteiger partial charge in [0.2, 0.25) is 11.8 Å². The average Bonchev–Trinajstić information content (AvgIpc) is 2.55. The number of rotatable bonds is 3. The van der Waals surface area contributed by atoms with Gasteiger partial charge < -0.3 is 9.80 Å². The van der Waals surface area contributed by atoms with Gasteiger partial charge >= 0.3 is 0 Å². The van der Waals surface area contributed by atoms with E-state index in [1.165, 1.54) is 12.1 Å². The molecule has 0 saturated carbocycles. The molecule has 2 saturated heterocycles. The van der Waals surface area contributed by atoms with Crippen LogP contribution < -0.4 is 0 Å². The summed E-state index contributed by atoms with van der Waals surface area (Å²) in [7, 11) is 0. The molecule has 2 aliphatic rings. The van der Waals surface area contributed by atoms with Crippen molar-refractivity contribution in [3.8, 4) is 0 Å². The van der Waals surface area contributed by atoms with Gasteiger partial charge in [-0.1, -0.05) is 12.1 Å². The molecule has 24 heavy (non-hydrogen) atoms. The number of likely N-dealkylation sites (tertiary alicyclic amines) is 2. The molecule has 130 valence electrons. The van der Waals surface area contributed by atoms with Crippen LogP contribution in [0.2, 0.25) is 0 Å². The van der Waals surface area contributed by atoms with Gasteiger partial charge in [0.1, 0.15) is 5.82 Å². The Labute approximate surface area is 142 Å².